The van der Waals surface area contributed by atoms with Gasteiger partial charge in [-0.3, -0.25) is 9.69 Å². The molecule has 38 heavy (non-hydrogen) atoms. The van der Waals surface area contributed by atoms with Crippen molar-refractivity contribution in [3.63, 3.8) is 0 Å². The Labute approximate surface area is 233 Å². The van der Waals surface area contributed by atoms with E-state index in [-0.39, 0.29) is 47.3 Å². The lowest BCUT2D eigenvalue weighted by atomic mass is 9.81. The van der Waals surface area contributed by atoms with E-state index in [0.717, 1.165) is 32.4 Å². The Hall–Kier alpha value is -1.87. The number of rotatable bonds is 8. The Balaban J connectivity index is 0.00000336. The zero-order chi connectivity index (χ0) is 26.2. The fraction of sp³-hybridized carbons (Fsp3) is 0.724. The molecular weight excluding hydrogens is 504 g/mol. The summed E-state index contributed by atoms with van der Waals surface area (Å²) in [6, 6.07) is 11.4. The van der Waals surface area contributed by atoms with Gasteiger partial charge in [-0.1, -0.05) is 51.1 Å². The van der Waals surface area contributed by atoms with Crippen LogP contribution in [0.2, 0.25) is 0 Å². The molecule has 3 atom stereocenters. The predicted octanol–water partition coefficient (Wildman–Crippen LogP) is 4.06. The van der Waals surface area contributed by atoms with E-state index in [2.05, 4.69) is 29.3 Å². The Kier molecular flexibility index (Phi) is 8.97. The number of benzene rings is 1. The highest BCUT2D eigenvalue weighted by Gasteiger charge is 2.56. The summed E-state index contributed by atoms with van der Waals surface area (Å²) < 4.78 is 11.1. The van der Waals surface area contributed by atoms with Crippen molar-refractivity contribution in [1.29, 1.82) is 0 Å². The first-order valence-corrected chi connectivity index (χ1v) is 14.0. The van der Waals surface area contributed by atoms with Crippen LogP contribution in [-0.4, -0.2) is 90.9 Å². The molecule has 0 saturated carbocycles. The Morgan fingerprint density at radius 1 is 1.11 bits per heavy atom. The molecule has 9 heteroatoms. The number of nitrogens with one attached hydrogen (secondary N) is 1. The molecule has 8 nitrogen and oxygen atoms in total. The molecule has 2 bridgehead atoms. The molecule has 4 heterocycles. The summed E-state index contributed by atoms with van der Waals surface area (Å²) >= 11 is 0. The molecule has 3 amide bonds. The lowest BCUT2D eigenvalue weighted by Crippen LogP contribution is -2.57. The van der Waals surface area contributed by atoms with E-state index < -0.39 is 0 Å². The fourth-order valence-corrected chi connectivity index (χ4v) is 7.10. The largest absolute Gasteiger partial charge is 0.355 e. The van der Waals surface area contributed by atoms with Crippen molar-refractivity contribution in [2.75, 3.05) is 46.7 Å². The molecule has 4 fully saturated rings. The predicted molar refractivity (Wildman–Crippen MR) is 149 cm³/mol. The number of carbonyl (C=O) groups excluding carboxylic acids is 2. The molecule has 1 spiro atoms. The number of piperidine rings is 1. The van der Waals surface area contributed by atoms with E-state index in [4.69, 9.17) is 9.47 Å². The summed E-state index contributed by atoms with van der Waals surface area (Å²) in [5, 5.41) is 3.29. The number of ether oxygens (including phenoxy) is 2. The zero-order valence-electron chi connectivity index (χ0n) is 23.4. The Bertz CT molecular complexity index is 957. The molecule has 1 N–H and O–H groups in total. The number of fused-ring (bicyclic) bond motifs is 2. The smallest absolute Gasteiger partial charge is 0.320 e. The molecule has 0 radical (unpaired) electrons. The van der Waals surface area contributed by atoms with Crippen LogP contribution in [0.5, 0.6) is 0 Å². The van der Waals surface area contributed by atoms with Crippen LogP contribution in [0.4, 0.5) is 4.79 Å². The normalized spacial score (nSPS) is 29.6. The van der Waals surface area contributed by atoms with E-state index in [9.17, 15) is 9.59 Å². The summed E-state index contributed by atoms with van der Waals surface area (Å²) in [5.74, 6) is 0.0627. The van der Waals surface area contributed by atoms with Crippen LogP contribution in [0.1, 0.15) is 64.5 Å². The van der Waals surface area contributed by atoms with Crippen molar-refractivity contribution in [3.8, 4) is 0 Å². The van der Waals surface area contributed by atoms with E-state index in [1.54, 1.807) is 0 Å². The summed E-state index contributed by atoms with van der Waals surface area (Å²) in [6.07, 6.45) is 5.28. The van der Waals surface area contributed by atoms with Crippen molar-refractivity contribution in [2.24, 2.45) is 11.3 Å². The third kappa shape index (κ3) is 5.83. The van der Waals surface area contributed by atoms with Crippen LogP contribution >= 0.6 is 12.4 Å². The molecular formula is C29H45ClN4O4. The molecule has 0 aromatic heterocycles. The topological polar surface area (TPSA) is 74.4 Å². The highest BCUT2D eigenvalue weighted by atomic mass is 35.5. The minimum absolute atomic E-state index is 0. The number of amides is 3. The monoisotopic (exact) mass is 548 g/mol. The highest BCUT2D eigenvalue weighted by Crippen LogP contribution is 2.47. The number of urea groups is 1. The quantitative estimate of drug-likeness (QED) is 0.530. The van der Waals surface area contributed by atoms with Crippen LogP contribution in [0.3, 0.4) is 0 Å². The highest BCUT2D eigenvalue weighted by molar-refractivity contribution is 5.85. The van der Waals surface area contributed by atoms with Gasteiger partial charge < -0.3 is 24.6 Å². The first kappa shape index (κ1) is 29.1. The van der Waals surface area contributed by atoms with Gasteiger partial charge in [0.2, 0.25) is 5.91 Å². The SMILES string of the molecule is CC(C)C(=O)N[C@H](CCN1C2CCC1CC1(C2)CN(CC2(C)COCOC2)C(=O)N1C)c1ccccc1.Cl. The molecule has 1 aromatic rings. The summed E-state index contributed by atoms with van der Waals surface area (Å²) in [5.41, 5.74) is 0.905. The van der Waals surface area contributed by atoms with Crippen molar-refractivity contribution in [2.45, 2.75) is 76.5 Å². The maximum atomic E-state index is 13.4. The van der Waals surface area contributed by atoms with Gasteiger partial charge in [-0.25, -0.2) is 4.79 Å². The number of carbonyl (C=O) groups is 2. The van der Waals surface area contributed by atoms with Gasteiger partial charge >= 0.3 is 6.03 Å². The average molecular weight is 549 g/mol. The minimum atomic E-state index is -0.160. The summed E-state index contributed by atoms with van der Waals surface area (Å²) in [7, 11) is 2.00. The van der Waals surface area contributed by atoms with Crippen molar-refractivity contribution >= 4 is 24.3 Å². The number of halogens is 1. The van der Waals surface area contributed by atoms with Crippen molar-refractivity contribution in [1.82, 2.24) is 20.0 Å². The summed E-state index contributed by atoms with van der Waals surface area (Å²) in [4.78, 5) is 32.7. The molecule has 4 aliphatic heterocycles. The van der Waals surface area contributed by atoms with Gasteiger partial charge in [0, 0.05) is 50.1 Å². The van der Waals surface area contributed by atoms with Gasteiger partial charge in [-0.2, -0.15) is 0 Å². The maximum absolute atomic E-state index is 13.4. The molecule has 1 aromatic carbocycles. The number of likely N-dealkylation sites (N-methyl/N-ethyl adjacent to an activating group) is 1. The van der Waals surface area contributed by atoms with Crippen LogP contribution < -0.4 is 5.32 Å². The van der Waals surface area contributed by atoms with Gasteiger partial charge in [0.25, 0.3) is 0 Å². The zero-order valence-corrected chi connectivity index (χ0v) is 24.2. The lowest BCUT2D eigenvalue weighted by molar-refractivity contribution is -0.162. The number of nitrogens with zero attached hydrogens (tertiary/aromatic N) is 3. The fourth-order valence-electron chi connectivity index (χ4n) is 7.10. The van der Waals surface area contributed by atoms with E-state index >= 15 is 0 Å². The van der Waals surface area contributed by atoms with Crippen LogP contribution in [0.15, 0.2) is 30.3 Å². The second-order valence-electron chi connectivity index (χ2n) is 12.5. The minimum Gasteiger partial charge on any atom is -0.355 e. The van der Waals surface area contributed by atoms with Gasteiger partial charge in [0.15, 0.2) is 0 Å². The molecule has 4 aliphatic rings. The molecule has 5 rings (SSSR count). The van der Waals surface area contributed by atoms with E-state index in [0.29, 0.717) is 38.6 Å². The van der Waals surface area contributed by atoms with Gasteiger partial charge in [0.1, 0.15) is 6.79 Å². The maximum Gasteiger partial charge on any atom is 0.320 e. The Morgan fingerprint density at radius 3 is 2.34 bits per heavy atom. The van der Waals surface area contributed by atoms with Crippen LogP contribution in [-0.2, 0) is 14.3 Å². The van der Waals surface area contributed by atoms with E-state index in [1.807, 2.05) is 48.9 Å². The molecule has 0 aliphatic carbocycles. The Morgan fingerprint density at radius 2 is 1.74 bits per heavy atom. The number of hydrogen-bond acceptors (Lipinski definition) is 5. The number of hydrogen-bond donors (Lipinski definition) is 1. The molecule has 2 unspecified atom stereocenters. The average Bonchev–Trinajstić information content (AvgIpc) is 3.25. The van der Waals surface area contributed by atoms with Crippen molar-refractivity contribution < 1.29 is 19.1 Å². The standard InChI is InChI=1S/C29H44N4O4.ClH/c1-21(2)26(34)30-25(22-8-6-5-7-9-22)12-13-33-23-10-11-24(33)15-29(14-23)17-32(27(35)31(29)4)16-28(3)18-36-20-37-19-28;/h5-9,21,23-25H,10-20H2,1-4H3,(H,30,34);1H/t23?,24?,25-,29?;/m1./s1. The lowest BCUT2D eigenvalue weighted by Gasteiger charge is -2.47. The first-order chi connectivity index (χ1) is 17.7. The second kappa shape index (κ2) is 11.7. The molecule has 4 saturated heterocycles. The van der Waals surface area contributed by atoms with E-state index in [1.165, 1.54) is 18.4 Å². The van der Waals surface area contributed by atoms with Crippen LogP contribution in [0, 0.1) is 11.3 Å². The summed E-state index contributed by atoms with van der Waals surface area (Å²) in [6.45, 7) is 10.1. The van der Waals surface area contributed by atoms with Crippen LogP contribution in [0.25, 0.3) is 0 Å². The van der Waals surface area contributed by atoms with Gasteiger partial charge in [-0.05, 0) is 37.7 Å². The molecule has 212 valence electrons. The third-order valence-electron chi connectivity index (χ3n) is 9.12. The first-order valence-electron chi connectivity index (χ1n) is 14.0. The second-order valence-corrected chi connectivity index (χ2v) is 12.5. The van der Waals surface area contributed by atoms with Gasteiger partial charge in [0.05, 0.1) is 24.8 Å². The third-order valence-corrected chi connectivity index (χ3v) is 9.12. The van der Waals surface area contributed by atoms with Gasteiger partial charge in [-0.15, -0.1) is 12.4 Å². The van der Waals surface area contributed by atoms with Crippen molar-refractivity contribution in [3.05, 3.63) is 35.9 Å².